The van der Waals surface area contributed by atoms with Gasteiger partial charge in [0.15, 0.2) is 0 Å². The molecule has 0 saturated carbocycles. The Balaban J connectivity index is 2.23. The molecule has 0 aliphatic rings. The van der Waals surface area contributed by atoms with Crippen LogP contribution in [0.2, 0.25) is 0 Å². The maximum Gasteiger partial charge on any atom is 0.250 e. The molecule has 1 aromatic carbocycles. The Bertz CT molecular complexity index is 645. The molecular weight excluding hydrogens is 259 g/mol. The molecule has 0 radical (unpaired) electrons. The molecular formula is C14H15FN4O. The zero-order valence-corrected chi connectivity index (χ0v) is 11.0. The third-order valence-electron chi connectivity index (χ3n) is 2.89. The van der Waals surface area contributed by atoms with E-state index in [1.54, 1.807) is 18.0 Å². The molecule has 1 amide bonds. The number of aromatic nitrogens is 1. The second kappa shape index (κ2) is 5.56. The lowest BCUT2D eigenvalue weighted by Gasteiger charge is -2.19. The molecule has 0 unspecified atom stereocenters. The first-order valence-electron chi connectivity index (χ1n) is 5.98. The number of anilines is 2. The predicted molar refractivity (Wildman–Crippen MR) is 75.7 cm³/mol. The molecule has 0 aliphatic carbocycles. The van der Waals surface area contributed by atoms with E-state index < -0.39 is 5.91 Å². The van der Waals surface area contributed by atoms with Crippen LogP contribution < -0.4 is 16.4 Å². The van der Waals surface area contributed by atoms with Crippen molar-refractivity contribution < 1.29 is 9.18 Å². The zero-order valence-electron chi connectivity index (χ0n) is 11.0. The number of primary amides is 1. The minimum atomic E-state index is -0.606. The van der Waals surface area contributed by atoms with Crippen molar-refractivity contribution in [3.8, 4) is 0 Å². The first kappa shape index (κ1) is 13.8. The summed E-state index contributed by atoms with van der Waals surface area (Å²) in [6.07, 6.45) is 1.39. The number of benzene rings is 1. The van der Waals surface area contributed by atoms with Gasteiger partial charge in [0.1, 0.15) is 11.6 Å². The van der Waals surface area contributed by atoms with E-state index in [2.05, 4.69) is 4.98 Å². The first-order valence-corrected chi connectivity index (χ1v) is 5.98. The molecule has 20 heavy (non-hydrogen) atoms. The predicted octanol–water partition coefficient (Wildman–Crippen LogP) is 1.54. The van der Waals surface area contributed by atoms with Crippen LogP contribution in [0.15, 0.2) is 36.5 Å². The standard InChI is InChI=1S/C14H15FN4O/c1-19(8-9-3-2-4-10(15)5-9)13-6-11(14(17)20)12(16)7-18-13/h2-7H,8,16H2,1H3,(H2,17,20). The van der Waals surface area contributed by atoms with Gasteiger partial charge in [0.25, 0.3) is 5.91 Å². The van der Waals surface area contributed by atoms with Crippen molar-refractivity contribution in [2.24, 2.45) is 5.73 Å². The van der Waals surface area contributed by atoms with Crippen LogP contribution in [-0.2, 0) is 6.54 Å². The van der Waals surface area contributed by atoms with Crippen molar-refractivity contribution in [3.05, 3.63) is 53.5 Å². The molecule has 2 rings (SSSR count). The molecule has 5 nitrogen and oxygen atoms in total. The molecule has 0 aliphatic heterocycles. The minimum Gasteiger partial charge on any atom is -0.397 e. The van der Waals surface area contributed by atoms with Crippen LogP contribution in [0.5, 0.6) is 0 Å². The Kier molecular flexibility index (Phi) is 3.84. The lowest BCUT2D eigenvalue weighted by molar-refractivity contribution is 0.100. The van der Waals surface area contributed by atoms with E-state index in [9.17, 15) is 9.18 Å². The largest absolute Gasteiger partial charge is 0.397 e. The summed E-state index contributed by atoms with van der Waals surface area (Å²) in [5.41, 5.74) is 12.1. The summed E-state index contributed by atoms with van der Waals surface area (Å²) in [6.45, 7) is 0.451. The minimum absolute atomic E-state index is 0.223. The van der Waals surface area contributed by atoms with Gasteiger partial charge in [-0.25, -0.2) is 9.37 Å². The highest BCUT2D eigenvalue weighted by Gasteiger charge is 2.11. The van der Waals surface area contributed by atoms with E-state index in [1.807, 2.05) is 6.07 Å². The van der Waals surface area contributed by atoms with Crippen molar-refractivity contribution in [1.82, 2.24) is 4.98 Å². The van der Waals surface area contributed by atoms with Crippen LogP contribution in [0, 0.1) is 5.82 Å². The fraction of sp³-hybridized carbons (Fsp3) is 0.143. The van der Waals surface area contributed by atoms with Gasteiger partial charge >= 0.3 is 0 Å². The summed E-state index contributed by atoms with van der Waals surface area (Å²) in [6, 6.07) is 7.81. The molecule has 1 heterocycles. The van der Waals surface area contributed by atoms with Crippen molar-refractivity contribution in [3.63, 3.8) is 0 Å². The number of amides is 1. The van der Waals surface area contributed by atoms with Crippen LogP contribution in [0.3, 0.4) is 0 Å². The third kappa shape index (κ3) is 3.03. The second-order valence-electron chi connectivity index (χ2n) is 4.48. The average molecular weight is 274 g/mol. The summed E-state index contributed by atoms with van der Waals surface area (Å²) in [5, 5.41) is 0. The maximum atomic E-state index is 13.1. The van der Waals surface area contributed by atoms with Gasteiger partial charge < -0.3 is 16.4 Å². The third-order valence-corrected chi connectivity index (χ3v) is 2.89. The van der Waals surface area contributed by atoms with Gasteiger partial charge in [-0.3, -0.25) is 4.79 Å². The number of nitrogens with zero attached hydrogens (tertiary/aromatic N) is 2. The Hall–Kier alpha value is -2.63. The number of hydrogen-bond donors (Lipinski definition) is 2. The van der Waals surface area contributed by atoms with Crippen LogP contribution in [-0.4, -0.2) is 17.9 Å². The number of carbonyl (C=O) groups is 1. The number of nitrogen functional groups attached to an aromatic ring is 1. The van der Waals surface area contributed by atoms with Gasteiger partial charge in [-0.05, 0) is 23.8 Å². The highest BCUT2D eigenvalue weighted by atomic mass is 19.1. The molecule has 6 heteroatoms. The molecule has 0 saturated heterocycles. The van der Waals surface area contributed by atoms with Gasteiger partial charge in [0.05, 0.1) is 17.4 Å². The molecule has 0 fully saturated rings. The molecule has 0 atom stereocenters. The average Bonchev–Trinajstić information content (AvgIpc) is 2.38. The number of pyridine rings is 1. The lowest BCUT2D eigenvalue weighted by atomic mass is 10.2. The van der Waals surface area contributed by atoms with Crippen molar-refractivity contribution in [2.75, 3.05) is 17.7 Å². The van der Waals surface area contributed by atoms with Crippen LogP contribution >= 0.6 is 0 Å². The molecule has 104 valence electrons. The Morgan fingerprint density at radius 3 is 2.80 bits per heavy atom. The number of nitrogens with two attached hydrogens (primary N) is 2. The SMILES string of the molecule is CN(Cc1cccc(F)c1)c1cc(C(N)=O)c(N)cn1. The summed E-state index contributed by atoms with van der Waals surface area (Å²) in [7, 11) is 1.79. The van der Waals surface area contributed by atoms with E-state index in [1.165, 1.54) is 24.4 Å². The summed E-state index contributed by atoms with van der Waals surface area (Å²) >= 11 is 0. The molecule has 0 spiro atoms. The normalized spacial score (nSPS) is 10.3. The monoisotopic (exact) mass is 274 g/mol. The summed E-state index contributed by atoms with van der Waals surface area (Å²) in [4.78, 5) is 17.2. The van der Waals surface area contributed by atoms with Crippen molar-refractivity contribution >= 4 is 17.4 Å². The van der Waals surface area contributed by atoms with Crippen molar-refractivity contribution in [2.45, 2.75) is 6.54 Å². The van der Waals surface area contributed by atoms with Crippen LogP contribution in [0.25, 0.3) is 0 Å². The fourth-order valence-corrected chi connectivity index (χ4v) is 1.87. The quantitative estimate of drug-likeness (QED) is 0.885. The zero-order chi connectivity index (χ0) is 14.7. The topological polar surface area (TPSA) is 85.2 Å². The number of rotatable bonds is 4. The lowest BCUT2D eigenvalue weighted by Crippen LogP contribution is -2.20. The van der Waals surface area contributed by atoms with Gasteiger partial charge in [-0.2, -0.15) is 0 Å². The van der Waals surface area contributed by atoms with Crippen LogP contribution in [0.4, 0.5) is 15.9 Å². The fourth-order valence-electron chi connectivity index (χ4n) is 1.87. The number of halogens is 1. The van der Waals surface area contributed by atoms with E-state index in [4.69, 9.17) is 11.5 Å². The Morgan fingerprint density at radius 2 is 2.15 bits per heavy atom. The highest BCUT2D eigenvalue weighted by molar-refractivity contribution is 5.98. The summed E-state index contributed by atoms with van der Waals surface area (Å²) < 4.78 is 13.1. The number of hydrogen-bond acceptors (Lipinski definition) is 4. The maximum absolute atomic E-state index is 13.1. The van der Waals surface area contributed by atoms with Gasteiger partial charge in [0.2, 0.25) is 0 Å². The highest BCUT2D eigenvalue weighted by Crippen LogP contribution is 2.18. The Morgan fingerprint density at radius 1 is 1.40 bits per heavy atom. The Labute approximate surface area is 116 Å². The molecule has 0 bridgehead atoms. The summed E-state index contributed by atoms with van der Waals surface area (Å²) in [5.74, 6) is -0.360. The second-order valence-corrected chi connectivity index (χ2v) is 4.48. The van der Waals surface area contributed by atoms with E-state index >= 15 is 0 Å². The first-order chi connectivity index (χ1) is 9.47. The van der Waals surface area contributed by atoms with Crippen molar-refractivity contribution in [1.29, 1.82) is 0 Å². The molecule has 1 aromatic heterocycles. The van der Waals surface area contributed by atoms with E-state index in [0.29, 0.717) is 12.4 Å². The van der Waals surface area contributed by atoms with Gasteiger partial charge in [-0.1, -0.05) is 12.1 Å². The van der Waals surface area contributed by atoms with Gasteiger partial charge in [0, 0.05) is 13.6 Å². The number of carbonyl (C=O) groups excluding carboxylic acids is 1. The van der Waals surface area contributed by atoms with Crippen LogP contribution in [0.1, 0.15) is 15.9 Å². The van der Waals surface area contributed by atoms with Gasteiger partial charge in [-0.15, -0.1) is 0 Å². The molecule has 2 aromatic rings. The van der Waals surface area contributed by atoms with E-state index in [0.717, 1.165) is 5.56 Å². The molecule has 4 N–H and O–H groups in total. The smallest absolute Gasteiger partial charge is 0.250 e. The van der Waals surface area contributed by atoms with E-state index in [-0.39, 0.29) is 17.1 Å².